The highest BCUT2D eigenvalue weighted by Gasteiger charge is 2.25. The second-order valence-corrected chi connectivity index (χ2v) is 5.22. The van der Waals surface area contributed by atoms with E-state index in [1.54, 1.807) is 6.33 Å². The number of imidazole rings is 1. The summed E-state index contributed by atoms with van der Waals surface area (Å²) in [6, 6.07) is 10.2. The average molecular weight is 254 g/mol. The van der Waals surface area contributed by atoms with E-state index in [0.29, 0.717) is 12.2 Å². The van der Waals surface area contributed by atoms with Crippen molar-refractivity contribution in [2.45, 2.75) is 32.1 Å². The number of aromatic amines is 1. The first-order valence-electron chi connectivity index (χ1n) is 6.90. The zero-order valence-electron chi connectivity index (χ0n) is 10.9. The standard InChI is InChI=1S/C16H18N2O/c19-16(9-6-12-4-2-1-3-5-12)13-7-8-14-15(10-13)18-11-17-14/h1-5,11,13H,6-10H2,(H,17,18). The maximum Gasteiger partial charge on any atom is 0.136 e. The predicted molar refractivity (Wildman–Crippen MR) is 73.9 cm³/mol. The smallest absolute Gasteiger partial charge is 0.136 e. The summed E-state index contributed by atoms with van der Waals surface area (Å²) in [6.45, 7) is 0. The van der Waals surface area contributed by atoms with E-state index in [2.05, 4.69) is 22.1 Å². The number of H-pyrrole nitrogens is 1. The lowest BCUT2D eigenvalue weighted by Gasteiger charge is -2.20. The molecule has 1 atom stereocenters. The largest absolute Gasteiger partial charge is 0.348 e. The summed E-state index contributed by atoms with van der Waals surface area (Å²) in [5.74, 6) is 0.553. The number of nitrogens with zero attached hydrogens (tertiary/aromatic N) is 1. The molecule has 0 spiro atoms. The van der Waals surface area contributed by atoms with Crippen molar-refractivity contribution in [3.8, 4) is 0 Å². The van der Waals surface area contributed by atoms with Gasteiger partial charge in [-0.15, -0.1) is 0 Å². The second-order valence-electron chi connectivity index (χ2n) is 5.22. The summed E-state index contributed by atoms with van der Waals surface area (Å²) in [5, 5.41) is 0. The van der Waals surface area contributed by atoms with Gasteiger partial charge in [0.15, 0.2) is 0 Å². The normalized spacial score (nSPS) is 18.0. The van der Waals surface area contributed by atoms with Gasteiger partial charge in [-0.1, -0.05) is 30.3 Å². The number of aryl methyl sites for hydroxylation is 2. The van der Waals surface area contributed by atoms with E-state index in [0.717, 1.165) is 31.4 Å². The Morgan fingerprint density at radius 2 is 2.16 bits per heavy atom. The first-order chi connectivity index (χ1) is 9.33. The highest BCUT2D eigenvalue weighted by atomic mass is 16.1. The monoisotopic (exact) mass is 254 g/mol. The van der Waals surface area contributed by atoms with Crippen LogP contribution in [0.2, 0.25) is 0 Å². The number of ketones is 1. The van der Waals surface area contributed by atoms with Crippen LogP contribution in [-0.4, -0.2) is 15.8 Å². The number of nitrogens with one attached hydrogen (secondary N) is 1. The Labute approximate surface area is 113 Å². The quantitative estimate of drug-likeness (QED) is 0.911. The van der Waals surface area contributed by atoms with Crippen molar-refractivity contribution in [1.82, 2.24) is 9.97 Å². The molecule has 3 heteroatoms. The van der Waals surface area contributed by atoms with Crippen molar-refractivity contribution in [3.63, 3.8) is 0 Å². The molecule has 98 valence electrons. The fourth-order valence-electron chi connectivity index (χ4n) is 2.79. The van der Waals surface area contributed by atoms with Gasteiger partial charge < -0.3 is 4.98 Å². The SMILES string of the molecule is O=C(CCc1ccccc1)C1CCc2[nH]cnc2C1. The molecule has 1 unspecified atom stereocenters. The predicted octanol–water partition coefficient (Wildman–Crippen LogP) is 2.72. The summed E-state index contributed by atoms with van der Waals surface area (Å²) >= 11 is 0. The van der Waals surface area contributed by atoms with Gasteiger partial charge in [0.2, 0.25) is 0 Å². The van der Waals surface area contributed by atoms with Crippen molar-refractivity contribution < 1.29 is 4.79 Å². The molecule has 0 saturated heterocycles. The van der Waals surface area contributed by atoms with E-state index in [-0.39, 0.29) is 5.92 Å². The molecule has 3 nitrogen and oxygen atoms in total. The molecular weight excluding hydrogens is 236 g/mol. The molecule has 0 aliphatic heterocycles. The Kier molecular flexibility index (Phi) is 3.45. The molecular formula is C16H18N2O. The molecule has 0 saturated carbocycles. The first kappa shape index (κ1) is 12.2. The number of hydrogen-bond donors (Lipinski definition) is 1. The van der Waals surface area contributed by atoms with Crippen molar-refractivity contribution in [3.05, 3.63) is 53.6 Å². The van der Waals surface area contributed by atoms with Crippen LogP contribution in [-0.2, 0) is 24.1 Å². The lowest BCUT2D eigenvalue weighted by atomic mass is 9.85. The zero-order chi connectivity index (χ0) is 13.1. The molecule has 1 aliphatic rings. The molecule has 0 fully saturated rings. The third-order valence-corrected chi connectivity index (χ3v) is 3.95. The van der Waals surface area contributed by atoms with Crippen molar-refractivity contribution in [2.24, 2.45) is 5.92 Å². The maximum absolute atomic E-state index is 12.3. The van der Waals surface area contributed by atoms with Gasteiger partial charge in [-0.25, -0.2) is 4.98 Å². The molecule has 0 bridgehead atoms. The van der Waals surface area contributed by atoms with Crippen LogP contribution in [0.25, 0.3) is 0 Å². The number of carbonyl (C=O) groups excluding carboxylic acids is 1. The Morgan fingerprint density at radius 1 is 1.32 bits per heavy atom. The number of aromatic nitrogens is 2. The van der Waals surface area contributed by atoms with Gasteiger partial charge in [0.1, 0.15) is 5.78 Å². The fourth-order valence-corrected chi connectivity index (χ4v) is 2.79. The summed E-state index contributed by atoms with van der Waals surface area (Å²) in [5.41, 5.74) is 3.54. The molecule has 1 aromatic carbocycles. The molecule has 0 radical (unpaired) electrons. The van der Waals surface area contributed by atoms with E-state index in [9.17, 15) is 4.79 Å². The highest BCUT2D eigenvalue weighted by molar-refractivity contribution is 5.81. The van der Waals surface area contributed by atoms with Crippen LogP contribution in [0.1, 0.15) is 29.8 Å². The van der Waals surface area contributed by atoms with Crippen molar-refractivity contribution in [1.29, 1.82) is 0 Å². The summed E-state index contributed by atoms with van der Waals surface area (Å²) in [6.07, 6.45) is 5.96. The molecule has 1 N–H and O–H groups in total. The van der Waals surface area contributed by atoms with Crippen LogP contribution in [0, 0.1) is 5.92 Å². The van der Waals surface area contributed by atoms with E-state index in [1.165, 1.54) is 11.3 Å². The van der Waals surface area contributed by atoms with Crippen LogP contribution in [0.5, 0.6) is 0 Å². The molecule has 1 heterocycles. The van der Waals surface area contributed by atoms with Crippen LogP contribution >= 0.6 is 0 Å². The molecule has 0 amide bonds. The van der Waals surface area contributed by atoms with E-state index in [4.69, 9.17) is 0 Å². The van der Waals surface area contributed by atoms with Gasteiger partial charge >= 0.3 is 0 Å². The number of rotatable bonds is 4. The van der Waals surface area contributed by atoms with Gasteiger partial charge in [0.05, 0.1) is 12.0 Å². The molecule has 3 rings (SSSR count). The Hall–Kier alpha value is -1.90. The van der Waals surface area contributed by atoms with Crippen LogP contribution in [0.3, 0.4) is 0 Å². The maximum atomic E-state index is 12.3. The van der Waals surface area contributed by atoms with Gasteiger partial charge in [-0.2, -0.15) is 0 Å². The number of hydrogen-bond acceptors (Lipinski definition) is 2. The Bertz CT molecular complexity index is 559. The Balaban J connectivity index is 1.57. The van der Waals surface area contributed by atoms with Crippen molar-refractivity contribution in [2.75, 3.05) is 0 Å². The van der Waals surface area contributed by atoms with Gasteiger partial charge in [-0.05, 0) is 24.8 Å². The topological polar surface area (TPSA) is 45.8 Å². The lowest BCUT2D eigenvalue weighted by Crippen LogP contribution is -2.23. The highest BCUT2D eigenvalue weighted by Crippen LogP contribution is 2.24. The first-order valence-corrected chi connectivity index (χ1v) is 6.90. The number of Topliss-reactive ketones (excluding diaryl/α,β-unsaturated/α-hetero) is 1. The molecule has 19 heavy (non-hydrogen) atoms. The summed E-state index contributed by atoms with van der Waals surface area (Å²) in [7, 11) is 0. The third-order valence-electron chi connectivity index (χ3n) is 3.95. The molecule has 1 aromatic heterocycles. The fraction of sp³-hybridized carbons (Fsp3) is 0.375. The second kappa shape index (κ2) is 5.39. The summed E-state index contributed by atoms with van der Waals surface area (Å²) in [4.78, 5) is 19.7. The van der Waals surface area contributed by atoms with Crippen LogP contribution in [0.4, 0.5) is 0 Å². The minimum absolute atomic E-state index is 0.166. The van der Waals surface area contributed by atoms with Crippen molar-refractivity contribution >= 4 is 5.78 Å². The average Bonchev–Trinajstić information content (AvgIpc) is 2.93. The van der Waals surface area contributed by atoms with Gasteiger partial charge in [-0.3, -0.25) is 4.79 Å². The number of carbonyl (C=O) groups is 1. The van der Waals surface area contributed by atoms with Gasteiger partial charge in [0.25, 0.3) is 0 Å². The minimum atomic E-state index is 0.166. The lowest BCUT2D eigenvalue weighted by molar-refractivity contribution is -0.123. The van der Waals surface area contributed by atoms with Crippen LogP contribution in [0.15, 0.2) is 36.7 Å². The molecule has 2 aromatic rings. The third kappa shape index (κ3) is 2.75. The van der Waals surface area contributed by atoms with E-state index in [1.807, 2.05) is 18.2 Å². The van der Waals surface area contributed by atoms with E-state index < -0.39 is 0 Å². The number of benzene rings is 1. The number of fused-ring (bicyclic) bond motifs is 1. The van der Waals surface area contributed by atoms with E-state index >= 15 is 0 Å². The zero-order valence-corrected chi connectivity index (χ0v) is 10.9. The van der Waals surface area contributed by atoms with Crippen LogP contribution < -0.4 is 0 Å². The minimum Gasteiger partial charge on any atom is -0.348 e. The molecule has 1 aliphatic carbocycles. The Morgan fingerprint density at radius 3 is 3.00 bits per heavy atom. The summed E-state index contributed by atoms with van der Waals surface area (Å²) < 4.78 is 0. The van der Waals surface area contributed by atoms with Gasteiger partial charge in [0, 0.05) is 24.5 Å².